The first kappa shape index (κ1) is 19.2. The topological polar surface area (TPSA) is 41.9 Å². The van der Waals surface area contributed by atoms with E-state index in [2.05, 4.69) is 20.9 Å². The van der Waals surface area contributed by atoms with Crippen LogP contribution >= 0.6 is 15.9 Å². The number of carbonyl (C=O) groups is 1. The number of aliphatic imine (C=N–C) groups is 1. The molecule has 0 atom stereocenters. The van der Waals surface area contributed by atoms with Gasteiger partial charge in [0.15, 0.2) is 0 Å². The quantitative estimate of drug-likeness (QED) is 0.472. The Labute approximate surface area is 178 Å². The molecule has 1 aliphatic rings. The predicted octanol–water partition coefficient (Wildman–Crippen LogP) is 5.68. The van der Waals surface area contributed by atoms with Gasteiger partial charge in [0.2, 0.25) is 0 Å². The Bertz CT molecular complexity index is 1090. The van der Waals surface area contributed by atoms with Crippen LogP contribution in [0.5, 0.6) is 5.75 Å². The summed E-state index contributed by atoms with van der Waals surface area (Å²) in [4.78, 5) is 19.6. The number of amidine groups is 1. The largest absolute Gasteiger partial charge is 0.494 e. The first-order chi connectivity index (χ1) is 14.2. The molecule has 0 saturated carbocycles. The van der Waals surface area contributed by atoms with Crippen LogP contribution in [-0.4, -0.2) is 18.3 Å². The first-order valence-corrected chi connectivity index (χ1v) is 10.1. The normalized spacial score (nSPS) is 15.0. The van der Waals surface area contributed by atoms with E-state index in [9.17, 15) is 4.79 Å². The van der Waals surface area contributed by atoms with Gasteiger partial charge in [-0.1, -0.05) is 58.4 Å². The molecule has 0 fully saturated rings. The van der Waals surface area contributed by atoms with Crippen molar-refractivity contribution >= 4 is 39.4 Å². The molecule has 0 N–H and O–H groups in total. The molecule has 0 saturated heterocycles. The van der Waals surface area contributed by atoms with Crippen LogP contribution in [0.15, 0.2) is 94.0 Å². The number of nitrogens with zero attached hydrogens (tertiary/aromatic N) is 2. The number of halogens is 1. The molecule has 1 amide bonds. The van der Waals surface area contributed by atoms with Gasteiger partial charge >= 0.3 is 0 Å². The summed E-state index contributed by atoms with van der Waals surface area (Å²) in [5.74, 6) is 1.22. The van der Waals surface area contributed by atoms with Crippen molar-refractivity contribution in [2.75, 3.05) is 11.5 Å². The third-order valence-corrected chi connectivity index (χ3v) is 4.94. The standard InChI is InChI=1S/C24H19BrN2O2/c1-2-29-21-13-11-20(12-14-21)27-23(18-8-4-3-5-9-18)26-22(24(27)28)16-17-7-6-10-19(25)15-17/h3-16H,2H2,1H3/b22-16+. The smallest absolute Gasteiger partial charge is 0.282 e. The summed E-state index contributed by atoms with van der Waals surface area (Å²) in [6, 6.07) is 25.0. The predicted molar refractivity (Wildman–Crippen MR) is 120 cm³/mol. The fourth-order valence-electron chi connectivity index (χ4n) is 3.15. The number of benzene rings is 3. The van der Waals surface area contributed by atoms with E-state index in [1.165, 1.54) is 0 Å². The highest BCUT2D eigenvalue weighted by molar-refractivity contribution is 9.10. The fraction of sp³-hybridized carbons (Fsp3) is 0.0833. The Morgan fingerprint density at radius 2 is 1.76 bits per heavy atom. The lowest BCUT2D eigenvalue weighted by molar-refractivity contribution is -0.113. The van der Waals surface area contributed by atoms with E-state index in [-0.39, 0.29) is 5.91 Å². The molecule has 0 aliphatic carbocycles. The van der Waals surface area contributed by atoms with Crippen LogP contribution in [0.3, 0.4) is 0 Å². The zero-order valence-electron chi connectivity index (χ0n) is 15.9. The van der Waals surface area contributed by atoms with Gasteiger partial charge in [0, 0.05) is 10.0 Å². The average Bonchev–Trinajstić information content (AvgIpc) is 3.06. The summed E-state index contributed by atoms with van der Waals surface area (Å²) in [5.41, 5.74) is 2.94. The van der Waals surface area contributed by atoms with Crippen molar-refractivity contribution in [3.8, 4) is 5.75 Å². The van der Waals surface area contributed by atoms with Gasteiger partial charge in [-0.05, 0) is 55.0 Å². The van der Waals surface area contributed by atoms with Crippen molar-refractivity contribution in [1.29, 1.82) is 0 Å². The average molecular weight is 447 g/mol. The molecule has 5 heteroatoms. The van der Waals surface area contributed by atoms with Crippen LogP contribution in [0.4, 0.5) is 5.69 Å². The zero-order chi connectivity index (χ0) is 20.2. The maximum Gasteiger partial charge on any atom is 0.282 e. The monoisotopic (exact) mass is 446 g/mol. The van der Waals surface area contributed by atoms with Crippen molar-refractivity contribution in [2.45, 2.75) is 6.92 Å². The van der Waals surface area contributed by atoms with Crippen LogP contribution in [0, 0.1) is 0 Å². The maximum atomic E-state index is 13.3. The van der Waals surface area contributed by atoms with Crippen LogP contribution < -0.4 is 9.64 Å². The van der Waals surface area contributed by atoms with Crippen LogP contribution in [0.25, 0.3) is 6.08 Å². The molecule has 0 bridgehead atoms. The van der Waals surface area contributed by atoms with E-state index < -0.39 is 0 Å². The van der Waals surface area contributed by atoms with E-state index >= 15 is 0 Å². The van der Waals surface area contributed by atoms with Gasteiger partial charge in [0.25, 0.3) is 5.91 Å². The Balaban J connectivity index is 1.77. The van der Waals surface area contributed by atoms with E-state index in [1.54, 1.807) is 4.90 Å². The SMILES string of the molecule is CCOc1ccc(N2C(=O)/C(=C\c3cccc(Br)c3)N=C2c2ccccc2)cc1. The molecule has 4 rings (SSSR count). The van der Waals surface area contributed by atoms with Crippen molar-refractivity contribution in [2.24, 2.45) is 4.99 Å². The number of hydrogen-bond donors (Lipinski definition) is 0. The summed E-state index contributed by atoms with van der Waals surface area (Å²) in [7, 11) is 0. The van der Waals surface area contributed by atoms with Crippen molar-refractivity contribution in [1.82, 2.24) is 0 Å². The molecule has 144 valence electrons. The Morgan fingerprint density at radius 1 is 1.00 bits per heavy atom. The lowest BCUT2D eigenvalue weighted by atomic mass is 10.1. The lowest BCUT2D eigenvalue weighted by Crippen LogP contribution is -2.32. The fourth-order valence-corrected chi connectivity index (χ4v) is 3.57. The molecule has 0 spiro atoms. The summed E-state index contributed by atoms with van der Waals surface area (Å²) in [6.07, 6.45) is 1.81. The summed E-state index contributed by atoms with van der Waals surface area (Å²) < 4.78 is 6.48. The van der Waals surface area contributed by atoms with Crippen LogP contribution in [0.1, 0.15) is 18.1 Å². The van der Waals surface area contributed by atoms with Crippen molar-refractivity contribution in [3.63, 3.8) is 0 Å². The molecule has 3 aromatic carbocycles. The molecule has 1 heterocycles. The van der Waals surface area contributed by atoms with E-state index in [4.69, 9.17) is 4.74 Å². The summed E-state index contributed by atoms with van der Waals surface area (Å²) in [5, 5.41) is 0. The van der Waals surface area contributed by atoms with Crippen LogP contribution in [0.2, 0.25) is 0 Å². The lowest BCUT2D eigenvalue weighted by Gasteiger charge is -2.19. The van der Waals surface area contributed by atoms with Crippen LogP contribution in [-0.2, 0) is 4.79 Å². The minimum atomic E-state index is -0.159. The molecule has 3 aromatic rings. The zero-order valence-corrected chi connectivity index (χ0v) is 17.5. The highest BCUT2D eigenvalue weighted by Gasteiger charge is 2.32. The summed E-state index contributed by atoms with van der Waals surface area (Å²) >= 11 is 3.47. The maximum absolute atomic E-state index is 13.3. The Morgan fingerprint density at radius 3 is 2.45 bits per heavy atom. The summed E-state index contributed by atoms with van der Waals surface area (Å²) in [6.45, 7) is 2.54. The molecular weight excluding hydrogens is 428 g/mol. The number of rotatable bonds is 5. The molecule has 0 unspecified atom stereocenters. The molecule has 0 radical (unpaired) electrons. The first-order valence-electron chi connectivity index (χ1n) is 9.34. The van der Waals surface area contributed by atoms with Gasteiger partial charge in [-0.2, -0.15) is 0 Å². The van der Waals surface area contributed by atoms with Crippen molar-refractivity contribution < 1.29 is 9.53 Å². The highest BCUT2D eigenvalue weighted by Crippen LogP contribution is 2.29. The minimum Gasteiger partial charge on any atom is -0.494 e. The number of carbonyl (C=O) groups excluding carboxylic acids is 1. The second kappa shape index (κ2) is 8.45. The van der Waals surface area contributed by atoms with E-state index in [1.807, 2.05) is 91.9 Å². The van der Waals surface area contributed by atoms with Gasteiger partial charge in [0.1, 0.15) is 17.3 Å². The van der Waals surface area contributed by atoms with Gasteiger partial charge in [-0.15, -0.1) is 0 Å². The molecular formula is C24H19BrN2O2. The Kier molecular flexibility index (Phi) is 5.58. The van der Waals surface area contributed by atoms with Gasteiger partial charge in [0.05, 0.1) is 12.3 Å². The molecule has 29 heavy (non-hydrogen) atoms. The third-order valence-electron chi connectivity index (χ3n) is 4.45. The number of hydrogen-bond acceptors (Lipinski definition) is 3. The van der Waals surface area contributed by atoms with Gasteiger partial charge < -0.3 is 4.74 Å². The third kappa shape index (κ3) is 4.15. The number of amides is 1. The second-order valence-electron chi connectivity index (χ2n) is 6.45. The van der Waals surface area contributed by atoms with E-state index in [0.717, 1.165) is 27.0 Å². The molecule has 1 aliphatic heterocycles. The Hall–Kier alpha value is -3.18. The number of ether oxygens (including phenoxy) is 1. The highest BCUT2D eigenvalue weighted by atomic mass is 79.9. The van der Waals surface area contributed by atoms with E-state index in [0.29, 0.717) is 18.1 Å². The minimum absolute atomic E-state index is 0.159. The van der Waals surface area contributed by atoms with Crippen molar-refractivity contribution in [3.05, 3.63) is 100 Å². The van der Waals surface area contributed by atoms with Gasteiger partial charge in [-0.25, -0.2) is 4.99 Å². The molecule has 4 nitrogen and oxygen atoms in total. The van der Waals surface area contributed by atoms with Gasteiger partial charge in [-0.3, -0.25) is 9.69 Å². The molecule has 0 aromatic heterocycles. The number of anilines is 1. The second-order valence-corrected chi connectivity index (χ2v) is 7.37.